The third-order valence-corrected chi connectivity index (χ3v) is 6.16. The number of aryl methyl sites for hydroxylation is 1. The van der Waals surface area contributed by atoms with Crippen LogP contribution in [0.5, 0.6) is 11.5 Å². The predicted octanol–water partition coefficient (Wildman–Crippen LogP) is 6.06. The van der Waals surface area contributed by atoms with Gasteiger partial charge in [0.15, 0.2) is 11.4 Å². The van der Waals surface area contributed by atoms with E-state index in [0.29, 0.717) is 34.3 Å². The predicted molar refractivity (Wildman–Crippen MR) is 151 cm³/mol. The number of amides is 1. The van der Waals surface area contributed by atoms with Gasteiger partial charge in [0.1, 0.15) is 5.75 Å². The molecule has 0 aliphatic heterocycles. The molecule has 0 spiro atoms. The average molecular weight is 538 g/mol. The summed E-state index contributed by atoms with van der Waals surface area (Å²) >= 11 is 6.36. The Morgan fingerprint density at radius 3 is 2.56 bits per heavy atom. The van der Waals surface area contributed by atoms with Crippen LogP contribution < -0.4 is 20.9 Å². The van der Waals surface area contributed by atoms with E-state index in [1.807, 2.05) is 37.3 Å². The van der Waals surface area contributed by atoms with Crippen LogP contribution >= 0.6 is 11.6 Å². The third kappa shape index (κ3) is 6.14. The molecule has 3 aromatic carbocycles. The largest absolute Gasteiger partial charge is 0.453 e. The zero-order valence-corrected chi connectivity index (χ0v) is 21.7. The molecule has 2 N–H and O–H groups in total. The van der Waals surface area contributed by atoms with Gasteiger partial charge in [-0.25, -0.2) is 0 Å². The molecule has 0 fully saturated rings. The summed E-state index contributed by atoms with van der Waals surface area (Å²) in [6.07, 6.45) is 4.81. The Kier molecular flexibility index (Phi) is 7.65. The molecule has 9 heteroatoms. The summed E-state index contributed by atoms with van der Waals surface area (Å²) < 4.78 is 7.28. The molecule has 194 valence electrons. The van der Waals surface area contributed by atoms with Crippen molar-refractivity contribution in [1.29, 1.82) is 0 Å². The highest BCUT2D eigenvalue weighted by Crippen LogP contribution is 2.30. The molecule has 1 amide bonds. The van der Waals surface area contributed by atoms with Gasteiger partial charge in [0, 0.05) is 30.2 Å². The van der Waals surface area contributed by atoms with E-state index in [1.54, 1.807) is 67.0 Å². The molecule has 39 heavy (non-hydrogen) atoms. The Morgan fingerprint density at radius 1 is 0.974 bits per heavy atom. The maximum absolute atomic E-state index is 13.7. The standard InChI is InChI=1S/C30H24ClN5O3/c1-20-6-4-9-24(16-20)39-27-19-34-36(26-11-3-2-10-25(26)31)30(38)28(27)35-23-8-5-7-22(17-23)29(37)33-18-21-12-14-32-15-13-21/h2-17,19,35H,18H2,1H3,(H,33,37). The number of nitrogens with one attached hydrogen (secondary N) is 2. The lowest BCUT2D eigenvalue weighted by molar-refractivity contribution is 0.0951. The first-order valence-corrected chi connectivity index (χ1v) is 12.5. The van der Waals surface area contributed by atoms with Crippen LogP contribution in [0.15, 0.2) is 108 Å². The van der Waals surface area contributed by atoms with E-state index in [2.05, 4.69) is 20.7 Å². The number of rotatable bonds is 8. The second kappa shape index (κ2) is 11.6. The summed E-state index contributed by atoms with van der Waals surface area (Å²) in [5, 5.41) is 10.7. The van der Waals surface area contributed by atoms with Gasteiger partial charge < -0.3 is 15.4 Å². The molecule has 0 aliphatic carbocycles. The van der Waals surface area contributed by atoms with E-state index in [-0.39, 0.29) is 17.3 Å². The van der Waals surface area contributed by atoms with Gasteiger partial charge in [-0.2, -0.15) is 9.78 Å². The van der Waals surface area contributed by atoms with Crippen LogP contribution in [0.3, 0.4) is 0 Å². The topological polar surface area (TPSA) is 98.1 Å². The summed E-state index contributed by atoms with van der Waals surface area (Å²) in [4.78, 5) is 30.5. The van der Waals surface area contributed by atoms with Gasteiger partial charge in [-0.1, -0.05) is 41.9 Å². The highest BCUT2D eigenvalue weighted by atomic mass is 35.5. The number of ether oxygens (including phenoxy) is 1. The SMILES string of the molecule is Cc1cccc(Oc2cnn(-c3ccccc3Cl)c(=O)c2Nc2cccc(C(=O)NCc3ccncc3)c2)c1. The molecule has 0 saturated heterocycles. The maximum atomic E-state index is 13.7. The third-order valence-electron chi connectivity index (χ3n) is 5.84. The van der Waals surface area contributed by atoms with Crippen LogP contribution in [0.4, 0.5) is 11.4 Å². The monoisotopic (exact) mass is 537 g/mol. The number of nitrogens with zero attached hydrogens (tertiary/aromatic N) is 3. The minimum Gasteiger partial charge on any atom is -0.453 e. The first-order valence-electron chi connectivity index (χ1n) is 12.1. The fourth-order valence-corrected chi connectivity index (χ4v) is 4.12. The van der Waals surface area contributed by atoms with Gasteiger partial charge in [0.25, 0.3) is 11.5 Å². The molecular formula is C30H24ClN5O3. The second-order valence-electron chi connectivity index (χ2n) is 8.71. The van der Waals surface area contributed by atoms with E-state index < -0.39 is 5.56 Å². The summed E-state index contributed by atoms with van der Waals surface area (Å²) in [6.45, 7) is 2.31. The van der Waals surface area contributed by atoms with Crippen LogP contribution in [0.25, 0.3) is 5.69 Å². The summed E-state index contributed by atoms with van der Waals surface area (Å²) in [5.41, 5.74) is 2.98. The van der Waals surface area contributed by atoms with E-state index in [0.717, 1.165) is 11.1 Å². The zero-order chi connectivity index (χ0) is 27.2. The Morgan fingerprint density at radius 2 is 1.77 bits per heavy atom. The van der Waals surface area contributed by atoms with Crippen LogP contribution in [0.1, 0.15) is 21.5 Å². The highest BCUT2D eigenvalue weighted by Gasteiger charge is 2.17. The van der Waals surface area contributed by atoms with Gasteiger partial charge >= 0.3 is 0 Å². The van der Waals surface area contributed by atoms with Crippen LogP contribution in [-0.4, -0.2) is 20.7 Å². The van der Waals surface area contributed by atoms with Crippen molar-refractivity contribution in [1.82, 2.24) is 20.1 Å². The van der Waals surface area contributed by atoms with Crippen molar-refractivity contribution in [2.24, 2.45) is 0 Å². The van der Waals surface area contributed by atoms with Gasteiger partial charge in [0.05, 0.1) is 16.9 Å². The average Bonchev–Trinajstić information content (AvgIpc) is 2.95. The fraction of sp³-hybridized carbons (Fsp3) is 0.0667. The number of pyridine rings is 1. The lowest BCUT2D eigenvalue weighted by Gasteiger charge is -2.15. The first kappa shape index (κ1) is 25.7. The molecule has 5 aromatic rings. The highest BCUT2D eigenvalue weighted by molar-refractivity contribution is 6.32. The van der Waals surface area contributed by atoms with Crippen molar-refractivity contribution in [3.8, 4) is 17.2 Å². The number of para-hydroxylation sites is 1. The Bertz CT molecular complexity index is 1690. The van der Waals surface area contributed by atoms with Crippen molar-refractivity contribution in [2.45, 2.75) is 13.5 Å². The molecule has 2 heterocycles. The number of benzene rings is 3. The molecule has 8 nitrogen and oxygen atoms in total. The Balaban J connectivity index is 1.48. The van der Waals surface area contributed by atoms with Crippen LogP contribution in [0.2, 0.25) is 5.02 Å². The number of hydrogen-bond donors (Lipinski definition) is 2. The van der Waals surface area contributed by atoms with Crippen molar-refractivity contribution in [2.75, 3.05) is 5.32 Å². The van der Waals surface area contributed by atoms with Crippen molar-refractivity contribution < 1.29 is 9.53 Å². The lowest BCUT2D eigenvalue weighted by atomic mass is 10.1. The van der Waals surface area contributed by atoms with E-state index >= 15 is 0 Å². The normalized spacial score (nSPS) is 10.6. The molecule has 0 bridgehead atoms. The lowest BCUT2D eigenvalue weighted by Crippen LogP contribution is -2.24. The molecule has 0 unspecified atom stereocenters. The Hall–Kier alpha value is -4.95. The number of anilines is 2. The van der Waals surface area contributed by atoms with Gasteiger partial charge in [-0.3, -0.25) is 14.6 Å². The number of carbonyl (C=O) groups excluding carboxylic acids is 1. The quantitative estimate of drug-likeness (QED) is 0.250. The fourth-order valence-electron chi connectivity index (χ4n) is 3.90. The van der Waals surface area contributed by atoms with Crippen molar-refractivity contribution in [3.63, 3.8) is 0 Å². The van der Waals surface area contributed by atoms with Crippen LogP contribution in [-0.2, 0) is 6.54 Å². The van der Waals surface area contributed by atoms with Crippen molar-refractivity contribution in [3.05, 3.63) is 136 Å². The molecule has 5 rings (SSSR count). The number of carbonyl (C=O) groups is 1. The molecule has 0 atom stereocenters. The molecule has 0 saturated carbocycles. The summed E-state index contributed by atoms with van der Waals surface area (Å²) in [7, 11) is 0. The molecule has 2 aromatic heterocycles. The van der Waals surface area contributed by atoms with Gasteiger partial charge in [-0.05, 0) is 72.6 Å². The minimum absolute atomic E-state index is 0.140. The zero-order valence-electron chi connectivity index (χ0n) is 21.0. The van der Waals surface area contributed by atoms with E-state index in [9.17, 15) is 9.59 Å². The van der Waals surface area contributed by atoms with E-state index in [4.69, 9.17) is 16.3 Å². The second-order valence-corrected chi connectivity index (χ2v) is 9.12. The number of hydrogen-bond acceptors (Lipinski definition) is 6. The Labute approximate surface area is 229 Å². The summed E-state index contributed by atoms with van der Waals surface area (Å²) in [6, 6.07) is 24.9. The molecule has 0 aliphatic rings. The van der Waals surface area contributed by atoms with E-state index in [1.165, 1.54) is 10.9 Å². The minimum atomic E-state index is -0.471. The maximum Gasteiger partial charge on any atom is 0.299 e. The summed E-state index contributed by atoms with van der Waals surface area (Å²) in [5.74, 6) is 0.523. The van der Waals surface area contributed by atoms with Gasteiger partial charge in [-0.15, -0.1) is 0 Å². The molecule has 0 radical (unpaired) electrons. The van der Waals surface area contributed by atoms with Crippen molar-refractivity contribution >= 4 is 28.9 Å². The number of aromatic nitrogens is 3. The molecular weight excluding hydrogens is 514 g/mol. The number of halogens is 1. The first-order chi connectivity index (χ1) is 19.0. The van der Waals surface area contributed by atoms with Gasteiger partial charge in [0.2, 0.25) is 0 Å². The smallest absolute Gasteiger partial charge is 0.299 e. The van der Waals surface area contributed by atoms with Crippen LogP contribution in [0, 0.1) is 6.92 Å².